The van der Waals surface area contributed by atoms with Crippen molar-refractivity contribution in [3.05, 3.63) is 0 Å². The van der Waals surface area contributed by atoms with E-state index in [9.17, 15) is 31.5 Å². The Morgan fingerprint density at radius 1 is 1.13 bits per heavy atom. The molecule has 0 N–H and O–H groups in total. The molecule has 4 rings (SSSR count). The van der Waals surface area contributed by atoms with Crippen molar-refractivity contribution >= 4 is 11.8 Å². The van der Waals surface area contributed by atoms with Gasteiger partial charge < -0.3 is 4.74 Å². The zero-order valence-electron chi connectivity index (χ0n) is 12.5. The van der Waals surface area contributed by atoms with Gasteiger partial charge in [-0.3, -0.25) is 9.59 Å². The highest BCUT2D eigenvalue weighted by Crippen LogP contribution is 2.59. The van der Waals surface area contributed by atoms with E-state index in [0.717, 1.165) is 0 Å². The molecule has 8 heteroatoms. The molecule has 4 fully saturated rings. The van der Waals surface area contributed by atoms with Gasteiger partial charge in [-0.1, -0.05) is 0 Å². The summed E-state index contributed by atoms with van der Waals surface area (Å²) in [6.45, 7) is 0.0850. The van der Waals surface area contributed by atoms with E-state index in [-0.39, 0.29) is 43.3 Å². The van der Waals surface area contributed by atoms with Crippen LogP contribution in [0.5, 0.6) is 0 Å². The fourth-order valence-corrected chi connectivity index (χ4v) is 4.69. The van der Waals surface area contributed by atoms with Crippen molar-refractivity contribution in [3.63, 3.8) is 0 Å². The highest BCUT2D eigenvalue weighted by Gasteiger charge is 2.62. The van der Waals surface area contributed by atoms with Gasteiger partial charge in [-0.05, 0) is 38.0 Å². The Balaban J connectivity index is 1.82. The lowest BCUT2D eigenvalue weighted by atomic mass is 9.49. The van der Waals surface area contributed by atoms with Gasteiger partial charge >= 0.3 is 12.1 Å². The summed E-state index contributed by atoms with van der Waals surface area (Å²) in [5.41, 5.74) is -1.21. The summed E-state index contributed by atoms with van der Waals surface area (Å²) >= 11 is 0. The molecule has 3 unspecified atom stereocenters. The molecule has 0 heterocycles. The van der Waals surface area contributed by atoms with E-state index in [2.05, 4.69) is 4.74 Å². The van der Waals surface area contributed by atoms with Crippen molar-refractivity contribution in [2.75, 3.05) is 0 Å². The maximum Gasteiger partial charge on any atom is 0.431 e. The number of hydrogen-bond acceptors (Lipinski definition) is 3. The Labute approximate surface area is 129 Å². The highest BCUT2D eigenvalue weighted by molar-refractivity contribution is 5.89. The highest BCUT2D eigenvalue weighted by atomic mass is 19.4. The van der Waals surface area contributed by atoms with Crippen LogP contribution in [-0.4, -0.2) is 30.0 Å². The van der Waals surface area contributed by atoms with E-state index in [1.165, 1.54) is 0 Å². The van der Waals surface area contributed by atoms with Gasteiger partial charge in [0.25, 0.3) is 12.0 Å². The Bertz CT molecular complexity index is 504. The van der Waals surface area contributed by atoms with Gasteiger partial charge in [0.05, 0.1) is 5.41 Å². The average Bonchev–Trinajstić information content (AvgIpc) is 2.38. The van der Waals surface area contributed by atoms with Gasteiger partial charge in [-0.25, -0.2) is 8.78 Å². The molecule has 0 aliphatic heterocycles. The van der Waals surface area contributed by atoms with Crippen LogP contribution < -0.4 is 0 Å². The second kappa shape index (κ2) is 4.89. The van der Waals surface area contributed by atoms with Crippen LogP contribution in [-0.2, 0) is 14.3 Å². The van der Waals surface area contributed by atoms with Gasteiger partial charge in [0, 0.05) is 18.8 Å². The summed E-state index contributed by atoms with van der Waals surface area (Å²) in [5.74, 6) is -6.00. The molecule has 3 nitrogen and oxygen atoms in total. The van der Waals surface area contributed by atoms with E-state index in [1.54, 1.807) is 0 Å². The largest absolute Gasteiger partial charge is 0.446 e. The molecule has 4 saturated carbocycles. The normalized spacial score (nSPS) is 37.8. The smallest absolute Gasteiger partial charge is 0.431 e. The molecule has 0 spiro atoms. The number of alkyl halides is 5. The maximum absolute atomic E-state index is 13.2. The van der Waals surface area contributed by atoms with Crippen LogP contribution in [0.2, 0.25) is 0 Å². The van der Waals surface area contributed by atoms with E-state index in [4.69, 9.17) is 0 Å². The average molecular weight is 340 g/mol. The van der Waals surface area contributed by atoms with Gasteiger partial charge in [0.2, 0.25) is 0 Å². The summed E-state index contributed by atoms with van der Waals surface area (Å²) in [4.78, 5) is 24.4. The molecular formula is C15H17F5O3. The summed E-state index contributed by atoms with van der Waals surface area (Å²) in [6.07, 6.45) is -6.95. The second-order valence-corrected chi connectivity index (χ2v) is 7.31. The maximum atomic E-state index is 13.2. The molecule has 0 radical (unpaired) electrons. The van der Waals surface area contributed by atoms with E-state index in [0.29, 0.717) is 19.3 Å². The van der Waals surface area contributed by atoms with Crippen LogP contribution in [0.3, 0.4) is 0 Å². The zero-order chi connectivity index (χ0) is 17.2. The Hall–Kier alpha value is -1.21. The van der Waals surface area contributed by atoms with Gasteiger partial charge in [0.1, 0.15) is 5.78 Å². The fourth-order valence-electron chi connectivity index (χ4n) is 4.69. The minimum Gasteiger partial charge on any atom is -0.446 e. The van der Waals surface area contributed by atoms with Crippen molar-refractivity contribution < 1.29 is 36.3 Å². The molecule has 0 amide bonds. The fraction of sp³-hybridized carbons (Fsp3) is 0.867. The molecular weight excluding hydrogens is 323 g/mol. The number of Topliss-reactive ketones (excluding diaryl/α,β-unsaturated/α-hetero) is 1. The van der Waals surface area contributed by atoms with Crippen LogP contribution in [0.25, 0.3) is 0 Å². The number of ether oxygens (including phenoxy) is 1. The second-order valence-electron chi connectivity index (χ2n) is 7.31. The van der Waals surface area contributed by atoms with Crippen molar-refractivity contribution in [1.82, 2.24) is 0 Å². The SMILES string of the molecule is CC(F)(F)C(OC(=O)C12CC3CC(C1)C(=O)C(C3)C2)C(F)(F)F. The lowest BCUT2D eigenvalue weighted by Gasteiger charge is -2.54. The van der Waals surface area contributed by atoms with E-state index < -0.39 is 29.6 Å². The molecule has 4 aliphatic carbocycles. The van der Waals surface area contributed by atoms with Crippen molar-refractivity contribution in [1.29, 1.82) is 0 Å². The quantitative estimate of drug-likeness (QED) is 0.583. The number of halogens is 5. The third-order valence-electron chi connectivity index (χ3n) is 5.41. The van der Waals surface area contributed by atoms with Crippen LogP contribution in [0.4, 0.5) is 22.0 Å². The van der Waals surface area contributed by atoms with Crippen molar-refractivity contribution in [2.24, 2.45) is 23.2 Å². The number of carbonyl (C=O) groups excluding carboxylic acids is 2. The molecule has 0 aromatic heterocycles. The lowest BCUT2D eigenvalue weighted by molar-refractivity contribution is -0.278. The first-order chi connectivity index (χ1) is 10.4. The van der Waals surface area contributed by atoms with Crippen molar-refractivity contribution in [3.8, 4) is 0 Å². The third kappa shape index (κ3) is 2.74. The van der Waals surface area contributed by atoms with Crippen LogP contribution in [0, 0.1) is 23.2 Å². The first kappa shape index (κ1) is 16.6. The monoisotopic (exact) mass is 340 g/mol. The summed E-state index contributed by atoms with van der Waals surface area (Å²) < 4.78 is 69.1. The topological polar surface area (TPSA) is 43.4 Å². The summed E-state index contributed by atoms with van der Waals surface area (Å²) in [7, 11) is 0. The van der Waals surface area contributed by atoms with Crippen LogP contribution >= 0.6 is 0 Å². The van der Waals surface area contributed by atoms with Gasteiger partial charge in [0.15, 0.2) is 0 Å². The predicted octanol–water partition coefficient (Wildman–Crippen LogP) is 3.51. The lowest BCUT2D eigenvalue weighted by Crippen LogP contribution is -2.57. The first-order valence-electron chi connectivity index (χ1n) is 7.62. The van der Waals surface area contributed by atoms with Crippen molar-refractivity contribution in [2.45, 2.75) is 57.2 Å². The minimum absolute atomic E-state index is 0.0533. The molecule has 0 saturated heterocycles. The molecule has 130 valence electrons. The molecule has 23 heavy (non-hydrogen) atoms. The Morgan fingerprint density at radius 3 is 2.09 bits per heavy atom. The van der Waals surface area contributed by atoms with E-state index in [1.807, 2.05) is 0 Å². The zero-order valence-corrected chi connectivity index (χ0v) is 12.5. The minimum atomic E-state index is -5.34. The Kier molecular flexibility index (Phi) is 3.54. The first-order valence-corrected chi connectivity index (χ1v) is 7.62. The molecule has 4 bridgehead atoms. The molecule has 0 aromatic rings. The Morgan fingerprint density at radius 2 is 1.65 bits per heavy atom. The van der Waals surface area contributed by atoms with Gasteiger partial charge in [-0.2, -0.15) is 13.2 Å². The molecule has 4 aliphatic rings. The number of ketones is 1. The molecule has 0 aromatic carbocycles. The number of carbonyl (C=O) groups is 2. The number of esters is 1. The van der Waals surface area contributed by atoms with Crippen LogP contribution in [0.15, 0.2) is 0 Å². The number of rotatable bonds is 3. The van der Waals surface area contributed by atoms with Crippen LogP contribution in [0.1, 0.15) is 39.0 Å². The van der Waals surface area contributed by atoms with Gasteiger partial charge in [-0.15, -0.1) is 0 Å². The summed E-state index contributed by atoms with van der Waals surface area (Å²) in [5, 5.41) is 0. The predicted molar refractivity (Wildman–Crippen MR) is 67.6 cm³/mol. The van der Waals surface area contributed by atoms with E-state index >= 15 is 0 Å². The third-order valence-corrected chi connectivity index (χ3v) is 5.41. The molecule has 3 atom stereocenters. The standard InChI is InChI=1S/C15H17F5O3/c1-13(16,17)11(15(18,19)20)23-12(22)14-4-7-2-8(5-14)10(21)9(3-7)6-14/h7-9,11H,2-6H2,1H3. The number of hydrogen-bond donors (Lipinski definition) is 0. The summed E-state index contributed by atoms with van der Waals surface area (Å²) in [6, 6.07) is 0.